The van der Waals surface area contributed by atoms with Crippen LogP contribution in [0.2, 0.25) is 0 Å². The number of esters is 1. The molecule has 1 aliphatic carbocycles. The first-order valence-corrected chi connectivity index (χ1v) is 4.66. The van der Waals surface area contributed by atoms with Gasteiger partial charge in [-0.25, -0.2) is 0 Å². The van der Waals surface area contributed by atoms with Gasteiger partial charge in [0.15, 0.2) is 0 Å². The summed E-state index contributed by atoms with van der Waals surface area (Å²) in [4.78, 5) is 10.8. The zero-order valence-electron chi connectivity index (χ0n) is 7.99. The van der Waals surface area contributed by atoms with Gasteiger partial charge >= 0.3 is 5.97 Å². The fraction of sp³-hybridized carbons (Fsp3) is 0.364. The molecule has 1 atom stereocenters. The second-order valence-corrected chi connectivity index (χ2v) is 3.48. The van der Waals surface area contributed by atoms with Crippen molar-refractivity contribution in [3.05, 3.63) is 29.3 Å². The molecule has 0 aliphatic heterocycles. The van der Waals surface area contributed by atoms with Crippen molar-refractivity contribution in [2.75, 3.05) is 0 Å². The van der Waals surface area contributed by atoms with Crippen molar-refractivity contribution in [1.29, 1.82) is 0 Å². The molecule has 1 aromatic carbocycles. The molecule has 0 heterocycles. The Balaban J connectivity index is 2.30. The van der Waals surface area contributed by atoms with Crippen molar-refractivity contribution >= 4 is 5.97 Å². The van der Waals surface area contributed by atoms with Crippen LogP contribution < -0.4 is 0 Å². The highest BCUT2D eigenvalue weighted by atomic mass is 16.5. The summed E-state index contributed by atoms with van der Waals surface area (Å²) in [6.45, 7) is 1.40. The fourth-order valence-electron chi connectivity index (χ4n) is 1.92. The number of phenolic OH excluding ortho intramolecular Hbond substituents is 1. The van der Waals surface area contributed by atoms with Crippen molar-refractivity contribution in [3.63, 3.8) is 0 Å². The average Bonchev–Trinajstić information content (AvgIpc) is 2.49. The Hall–Kier alpha value is -1.51. The Morgan fingerprint density at radius 1 is 1.57 bits per heavy atom. The summed E-state index contributed by atoms with van der Waals surface area (Å²) >= 11 is 0. The summed E-state index contributed by atoms with van der Waals surface area (Å²) in [5.41, 5.74) is 1.86. The summed E-state index contributed by atoms with van der Waals surface area (Å²) < 4.78 is 5.14. The van der Waals surface area contributed by atoms with Crippen LogP contribution in [-0.4, -0.2) is 11.1 Å². The van der Waals surface area contributed by atoms with Gasteiger partial charge in [0.2, 0.25) is 0 Å². The van der Waals surface area contributed by atoms with Crippen molar-refractivity contribution in [1.82, 2.24) is 0 Å². The molecule has 2 rings (SSSR count). The molecule has 0 radical (unpaired) electrons. The molecule has 1 aliphatic rings. The largest absolute Gasteiger partial charge is 0.508 e. The lowest BCUT2D eigenvalue weighted by Crippen LogP contribution is -2.04. The zero-order valence-corrected chi connectivity index (χ0v) is 7.99. The number of carbonyl (C=O) groups is 1. The van der Waals surface area contributed by atoms with E-state index in [1.165, 1.54) is 6.92 Å². The monoisotopic (exact) mass is 192 g/mol. The first-order chi connectivity index (χ1) is 6.68. The van der Waals surface area contributed by atoms with Gasteiger partial charge in [-0.3, -0.25) is 4.79 Å². The van der Waals surface area contributed by atoms with E-state index in [4.69, 9.17) is 4.74 Å². The molecule has 14 heavy (non-hydrogen) atoms. The van der Waals surface area contributed by atoms with Crippen LogP contribution in [0.1, 0.15) is 30.6 Å². The first-order valence-electron chi connectivity index (χ1n) is 4.66. The second-order valence-electron chi connectivity index (χ2n) is 3.48. The van der Waals surface area contributed by atoms with Gasteiger partial charge in [0.25, 0.3) is 0 Å². The summed E-state index contributed by atoms with van der Waals surface area (Å²) in [5, 5.41) is 9.54. The molecule has 0 spiro atoms. The highest BCUT2D eigenvalue weighted by Crippen LogP contribution is 2.38. The number of hydrogen-bond donors (Lipinski definition) is 1. The molecule has 1 N–H and O–H groups in total. The summed E-state index contributed by atoms with van der Waals surface area (Å²) in [6.07, 6.45) is 1.38. The third-order valence-electron chi connectivity index (χ3n) is 2.50. The van der Waals surface area contributed by atoms with E-state index in [9.17, 15) is 9.90 Å². The molecular weight excluding hydrogens is 180 g/mol. The number of benzene rings is 1. The van der Waals surface area contributed by atoms with E-state index in [0.717, 1.165) is 24.0 Å². The van der Waals surface area contributed by atoms with Gasteiger partial charge in [0, 0.05) is 12.5 Å². The van der Waals surface area contributed by atoms with E-state index in [1.54, 1.807) is 12.1 Å². The Morgan fingerprint density at radius 3 is 3.07 bits per heavy atom. The minimum absolute atomic E-state index is 0.172. The second kappa shape index (κ2) is 3.33. The first kappa shape index (κ1) is 9.06. The van der Waals surface area contributed by atoms with Crippen LogP contribution in [0.4, 0.5) is 0 Å². The van der Waals surface area contributed by atoms with Crippen LogP contribution >= 0.6 is 0 Å². The van der Waals surface area contributed by atoms with Crippen molar-refractivity contribution < 1.29 is 14.6 Å². The minimum atomic E-state index is -0.272. The lowest BCUT2D eigenvalue weighted by molar-refractivity contribution is -0.146. The Bertz CT molecular complexity index is 371. The molecule has 74 valence electrons. The van der Waals surface area contributed by atoms with Gasteiger partial charge in [-0.15, -0.1) is 0 Å². The normalized spacial score (nSPS) is 19.1. The highest BCUT2D eigenvalue weighted by molar-refractivity contribution is 5.66. The lowest BCUT2D eigenvalue weighted by Gasteiger charge is -2.11. The van der Waals surface area contributed by atoms with Crippen LogP contribution in [0.3, 0.4) is 0 Å². The molecule has 3 heteroatoms. The smallest absolute Gasteiger partial charge is 0.303 e. The van der Waals surface area contributed by atoms with E-state index in [-0.39, 0.29) is 12.1 Å². The number of phenols is 1. The third-order valence-corrected chi connectivity index (χ3v) is 2.50. The number of hydrogen-bond acceptors (Lipinski definition) is 3. The van der Waals surface area contributed by atoms with E-state index >= 15 is 0 Å². The van der Waals surface area contributed by atoms with Crippen LogP contribution in [0.5, 0.6) is 5.75 Å². The van der Waals surface area contributed by atoms with E-state index < -0.39 is 0 Å². The predicted molar refractivity (Wildman–Crippen MR) is 50.9 cm³/mol. The molecule has 0 amide bonds. The zero-order chi connectivity index (χ0) is 10.1. The van der Waals surface area contributed by atoms with Gasteiger partial charge in [-0.2, -0.15) is 0 Å². The standard InChI is InChI=1S/C11H12O3/c1-7(12)14-11-6-5-8-9(11)3-2-4-10(8)13/h2-4,11,13H,5-6H2,1H3/t11-/m1/s1. The van der Waals surface area contributed by atoms with Crippen LogP contribution in [-0.2, 0) is 16.0 Å². The van der Waals surface area contributed by atoms with Crippen LogP contribution in [0, 0.1) is 0 Å². The molecule has 3 nitrogen and oxygen atoms in total. The number of aromatic hydroxyl groups is 1. The molecule has 0 fully saturated rings. The highest BCUT2D eigenvalue weighted by Gasteiger charge is 2.26. The quantitative estimate of drug-likeness (QED) is 0.692. The fourth-order valence-corrected chi connectivity index (χ4v) is 1.92. The van der Waals surface area contributed by atoms with E-state index in [0.29, 0.717) is 5.75 Å². The maximum Gasteiger partial charge on any atom is 0.303 e. The molecule has 0 aromatic heterocycles. The molecule has 0 saturated carbocycles. The molecule has 0 unspecified atom stereocenters. The van der Waals surface area contributed by atoms with Crippen molar-refractivity contribution in [2.45, 2.75) is 25.9 Å². The summed E-state index contributed by atoms with van der Waals surface area (Å²) in [7, 11) is 0. The van der Waals surface area contributed by atoms with E-state index in [2.05, 4.69) is 0 Å². The number of fused-ring (bicyclic) bond motifs is 1. The summed E-state index contributed by atoms with van der Waals surface area (Å²) in [5.74, 6) is 0.0309. The van der Waals surface area contributed by atoms with Crippen LogP contribution in [0.25, 0.3) is 0 Å². The number of rotatable bonds is 1. The SMILES string of the molecule is CC(=O)O[C@@H]1CCc2c(O)cccc21. The minimum Gasteiger partial charge on any atom is -0.508 e. The van der Waals surface area contributed by atoms with Gasteiger partial charge in [-0.05, 0) is 24.5 Å². The summed E-state index contributed by atoms with van der Waals surface area (Å²) in [6, 6.07) is 5.33. The van der Waals surface area contributed by atoms with Gasteiger partial charge in [0.05, 0.1) is 0 Å². The topological polar surface area (TPSA) is 46.5 Å². The molecule has 0 saturated heterocycles. The van der Waals surface area contributed by atoms with Gasteiger partial charge in [-0.1, -0.05) is 12.1 Å². The Morgan fingerprint density at radius 2 is 2.36 bits per heavy atom. The predicted octanol–water partition coefficient (Wildman–Crippen LogP) is 1.94. The third kappa shape index (κ3) is 1.45. The van der Waals surface area contributed by atoms with Gasteiger partial charge in [0.1, 0.15) is 11.9 Å². The Kier molecular flexibility index (Phi) is 2.15. The Labute approximate surface area is 82.3 Å². The molecular formula is C11H12O3. The van der Waals surface area contributed by atoms with Gasteiger partial charge < -0.3 is 9.84 Å². The molecule has 0 bridgehead atoms. The lowest BCUT2D eigenvalue weighted by atomic mass is 10.1. The van der Waals surface area contributed by atoms with Crippen molar-refractivity contribution in [3.8, 4) is 5.75 Å². The number of carbonyl (C=O) groups excluding carboxylic acids is 1. The van der Waals surface area contributed by atoms with Crippen molar-refractivity contribution in [2.24, 2.45) is 0 Å². The van der Waals surface area contributed by atoms with E-state index in [1.807, 2.05) is 6.07 Å². The maximum absolute atomic E-state index is 10.8. The average molecular weight is 192 g/mol. The molecule has 1 aromatic rings. The number of ether oxygens (including phenoxy) is 1. The van der Waals surface area contributed by atoms with Crippen LogP contribution in [0.15, 0.2) is 18.2 Å². The maximum atomic E-state index is 10.8.